The molecule has 1 aliphatic carbocycles. The highest BCUT2D eigenvalue weighted by Crippen LogP contribution is 2.38. The molecule has 184 valence electrons. The molecule has 4 rings (SSSR count). The fourth-order valence-corrected chi connectivity index (χ4v) is 5.09. The summed E-state index contributed by atoms with van der Waals surface area (Å²) in [6.07, 6.45) is 4.32. The maximum atomic E-state index is 12.1. The third-order valence-electron chi connectivity index (χ3n) is 6.78. The zero-order valence-electron chi connectivity index (χ0n) is 21.2. The molecule has 0 heterocycles. The van der Waals surface area contributed by atoms with Gasteiger partial charge in [0.2, 0.25) is 0 Å². The first kappa shape index (κ1) is 25.2. The van der Waals surface area contributed by atoms with E-state index in [2.05, 4.69) is 102 Å². The number of carbonyl (C=O) groups is 1. The van der Waals surface area contributed by atoms with Gasteiger partial charge in [0.05, 0.1) is 12.0 Å². The average Bonchev–Trinajstić information content (AvgIpc) is 2.87. The van der Waals surface area contributed by atoms with Crippen LogP contribution in [0.1, 0.15) is 69.6 Å². The van der Waals surface area contributed by atoms with E-state index in [4.69, 9.17) is 4.84 Å². The Morgan fingerprint density at radius 1 is 0.714 bits per heavy atom. The molecular weight excluding hydrogens is 432 g/mol. The fraction of sp³-hybridized carbons (Fsp3) is 0.387. The lowest BCUT2D eigenvalue weighted by atomic mass is 9.75. The summed E-state index contributed by atoms with van der Waals surface area (Å²) in [5, 5.41) is 4.10. The second-order valence-electron chi connectivity index (χ2n) is 10.9. The van der Waals surface area contributed by atoms with Gasteiger partial charge in [-0.05, 0) is 47.8 Å². The molecule has 2 N–H and O–H groups in total. The summed E-state index contributed by atoms with van der Waals surface area (Å²) in [5.41, 5.74) is 6.21. The van der Waals surface area contributed by atoms with Gasteiger partial charge >= 0.3 is 5.97 Å². The van der Waals surface area contributed by atoms with E-state index in [0.29, 0.717) is 12.5 Å². The van der Waals surface area contributed by atoms with E-state index in [9.17, 15) is 4.79 Å². The first-order valence-corrected chi connectivity index (χ1v) is 12.8. The Labute approximate surface area is 210 Å². The maximum absolute atomic E-state index is 12.1. The van der Waals surface area contributed by atoms with Gasteiger partial charge in [-0.3, -0.25) is 10.1 Å². The van der Waals surface area contributed by atoms with Crippen LogP contribution in [0.15, 0.2) is 91.0 Å². The number of hydroxylamine groups is 1. The smallest absolute Gasteiger partial charge is 0.325 e. The van der Waals surface area contributed by atoms with Gasteiger partial charge in [0.1, 0.15) is 0 Å². The van der Waals surface area contributed by atoms with Crippen molar-refractivity contribution in [3.63, 3.8) is 0 Å². The fourth-order valence-electron chi connectivity index (χ4n) is 5.09. The molecule has 4 nitrogen and oxygen atoms in total. The number of nitrogens with one attached hydrogen (secondary N) is 2. The number of rotatable bonds is 8. The molecule has 0 saturated heterocycles. The third-order valence-corrected chi connectivity index (χ3v) is 6.78. The van der Waals surface area contributed by atoms with Crippen LogP contribution in [0.4, 0.5) is 0 Å². The Hall–Kier alpha value is -2.95. The minimum absolute atomic E-state index is 0.0734. The Morgan fingerprint density at radius 3 is 1.51 bits per heavy atom. The highest BCUT2D eigenvalue weighted by Gasteiger charge is 2.39. The van der Waals surface area contributed by atoms with Crippen LogP contribution in [0, 0.1) is 5.41 Å². The molecule has 1 aliphatic rings. The van der Waals surface area contributed by atoms with E-state index in [1.165, 1.54) is 16.7 Å². The lowest BCUT2D eigenvalue weighted by Gasteiger charge is -2.42. The van der Waals surface area contributed by atoms with Gasteiger partial charge in [0.15, 0.2) is 0 Å². The molecule has 0 spiro atoms. The maximum Gasteiger partial charge on any atom is 0.325 e. The van der Waals surface area contributed by atoms with Crippen LogP contribution in [0.2, 0.25) is 0 Å². The molecule has 0 unspecified atom stereocenters. The highest BCUT2D eigenvalue weighted by atomic mass is 16.7. The van der Waals surface area contributed by atoms with Crippen molar-refractivity contribution in [1.29, 1.82) is 0 Å². The molecule has 0 atom stereocenters. The molecule has 0 aromatic heterocycles. The van der Waals surface area contributed by atoms with Crippen LogP contribution in [0.25, 0.3) is 0 Å². The van der Waals surface area contributed by atoms with Crippen molar-refractivity contribution >= 4 is 5.97 Å². The van der Waals surface area contributed by atoms with Crippen LogP contribution in [-0.2, 0) is 15.2 Å². The van der Waals surface area contributed by atoms with Crippen LogP contribution in [-0.4, -0.2) is 18.1 Å². The van der Waals surface area contributed by atoms with Gasteiger partial charge < -0.3 is 4.84 Å². The second-order valence-corrected chi connectivity index (χ2v) is 10.9. The zero-order valence-corrected chi connectivity index (χ0v) is 21.2. The van der Waals surface area contributed by atoms with Crippen LogP contribution in [0.3, 0.4) is 0 Å². The lowest BCUT2D eigenvalue weighted by molar-refractivity contribution is -0.155. The molecule has 1 fully saturated rings. The van der Waals surface area contributed by atoms with Gasteiger partial charge in [-0.25, -0.2) is 0 Å². The van der Waals surface area contributed by atoms with Gasteiger partial charge in [-0.15, -0.1) is 0 Å². The van der Waals surface area contributed by atoms with Crippen molar-refractivity contribution < 1.29 is 9.63 Å². The largest absolute Gasteiger partial charge is 0.370 e. The molecule has 0 amide bonds. The Balaban J connectivity index is 1.53. The van der Waals surface area contributed by atoms with Crippen molar-refractivity contribution in [3.8, 4) is 0 Å². The van der Waals surface area contributed by atoms with E-state index < -0.39 is 5.54 Å². The Kier molecular flexibility index (Phi) is 8.04. The molecule has 4 heteroatoms. The summed E-state index contributed by atoms with van der Waals surface area (Å²) in [5.74, 6) is -0.186. The van der Waals surface area contributed by atoms with Gasteiger partial charge in [-0.1, -0.05) is 112 Å². The van der Waals surface area contributed by atoms with E-state index >= 15 is 0 Å². The first-order valence-electron chi connectivity index (χ1n) is 12.8. The number of hydrogen-bond acceptors (Lipinski definition) is 4. The van der Waals surface area contributed by atoms with Crippen molar-refractivity contribution in [3.05, 3.63) is 108 Å². The average molecular weight is 471 g/mol. The molecule has 3 aromatic rings. The highest BCUT2D eigenvalue weighted by molar-refractivity contribution is 5.69. The Morgan fingerprint density at radius 2 is 1.11 bits per heavy atom. The lowest BCUT2D eigenvalue weighted by Crippen LogP contribution is -2.52. The summed E-state index contributed by atoms with van der Waals surface area (Å²) in [4.78, 5) is 17.5. The number of carbonyl (C=O) groups excluding carboxylic acids is 1. The first-order chi connectivity index (χ1) is 16.9. The van der Waals surface area contributed by atoms with Gasteiger partial charge in [-0.2, -0.15) is 5.48 Å². The Bertz CT molecular complexity index is 957. The molecule has 0 bridgehead atoms. The van der Waals surface area contributed by atoms with Crippen LogP contribution in [0.5, 0.6) is 0 Å². The van der Waals surface area contributed by atoms with Gasteiger partial charge in [0, 0.05) is 12.1 Å². The zero-order chi connectivity index (χ0) is 24.7. The van der Waals surface area contributed by atoms with Gasteiger partial charge in [0.25, 0.3) is 0 Å². The van der Waals surface area contributed by atoms with E-state index in [-0.39, 0.29) is 17.4 Å². The van der Waals surface area contributed by atoms with Crippen molar-refractivity contribution in [2.45, 2.75) is 70.5 Å². The minimum Gasteiger partial charge on any atom is -0.370 e. The quantitative estimate of drug-likeness (QED) is 0.297. The summed E-state index contributed by atoms with van der Waals surface area (Å²) in [6.45, 7) is 6.14. The predicted molar refractivity (Wildman–Crippen MR) is 142 cm³/mol. The van der Waals surface area contributed by atoms with E-state index in [0.717, 1.165) is 25.7 Å². The summed E-state index contributed by atoms with van der Waals surface area (Å²) >= 11 is 0. The normalized spacial score (nSPS) is 18.7. The second kappa shape index (κ2) is 11.2. The van der Waals surface area contributed by atoms with Crippen LogP contribution < -0.4 is 10.8 Å². The van der Waals surface area contributed by atoms with Crippen LogP contribution >= 0.6 is 0 Å². The summed E-state index contributed by atoms with van der Waals surface area (Å²) in [6, 6.07) is 32.7. The predicted octanol–water partition coefficient (Wildman–Crippen LogP) is 6.36. The van der Waals surface area contributed by atoms with Crippen molar-refractivity contribution in [1.82, 2.24) is 10.8 Å². The van der Waals surface area contributed by atoms with Crippen molar-refractivity contribution in [2.75, 3.05) is 0 Å². The number of hydrogen-bond donors (Lipinski definition) is 2. The summed E-state index contributed by atoms with van der Waals surface area (Å²) < 4.78 is 0. The van der Waals surface area contributed by atoms with E-state index in [1.807, 2.05) is 20.8 Å². The monoisotopic (exact) mass is 470 g/mol. The molecule has 0 aliphatic heterocycles. The number of benzene rings is 3. The molecule has 0 radical (unpaired) electrons. The van der Waals surface area contributed by atoms with E-state index in [1.54, 1.807) is 0 Å². The summed E-state index contributed by atoms with van der Waals surface area (Å²) in [7, 11) is 0. The molecular formula is C31H38N2O2. The molecule has 3 aromatic carbocycles. The third kappa shape index (κ3) is 6.39. The SMILES string of the molecule is CC(C)(C)CC(=O)ONC1CCC(NC(c2ccccc2)(c2ccccc2)c2ccccc2)CC1. The minimum atomic E-state index is -0.451. The van der Waals surface area contributed by atoms with Crippen molar-refractivity contribution in [2.24, 2.45) is 5.41 Å². The molecule has 1 saturated carbocycles. The standard InChI is InChI=1S/C31H38N2O2/c1-30(2,3)23-29(34)35-33-28-21-19-27(20-22-28)32-31(24-13-7-4-8-14-24,25-15-9-5-10-16-25)26-17-11-6-12-18-26/h4-18,27-28,32-33H,19-23H2,1-3H3. The molecule has 35 heavy (non-hydrogen) atoms. The topological polar surface area (TPSA) is 50.4 Å².